The van der Waals surface area contributed by atoms with Crippen molar-refractivity contribution in [3.63, 3.8) is 0 Å². The van der Waals surface area contributed by atoms with Gasteiger partial charge < -0.3 is 59.1 Å². The first kappa shape index (κ1) is 83.5. The monoisotopic (exact) mass is 1370 g/mol. The van der Waals surface area contributed by atoms with Crippen LogP contribution in [0.2, 0.25) is 0 Å². The minimum atomic E-state index is -4.68. The Morgan fingerprint density at radius 2 is 0.568 bits per heavy atom. The molecule has 2 atom stereocenters. The van der Waals surface area contributed by atoms with Crippen molar-refractivity contribution in [1.29, 1.82) is 0 Å². The Hall–Kier alpha value is -1.72. The number of aromatic nitrogens is 4. The van der Waals surface area contributed by atoms with Crippen molar-refractivity contribution < 1.29 is 76.9 Å². The van der Waals surface area contributed by atoms with Crippen molar-refractivity contribution in [2.75, 3.05) is 49.3 Å². The molecule has 18 nitrogen and oxygen atoms in total. The van der Waals surface area contributed by atoms with Gasteiger partial charge in [0.25, 0.3) is 0 Å². The van der Waals surface area contributed by atoms with E-state index in [1.54, 1.807) is 49.3 Å². The first-order valence-corrected chi connectivity index (χ1v) is 39.7. The van der Waals surface area contributed by atoms with Gasteiger partial charge in [0.05, 0.1) is 82.7 Å². The first-order chi connectivity index (χ1) is 37.7. The van der Waals surface area contributed by atoms with Crippen LogP contribution in [0.1, 0.15) is 158 Å². The van der Waals surface area contributed by atoms with E-state index in [0.29, 0.717) is 0 Å². The molecule has 0 bridgehead atoms. The minimum Gasteiger partial charge on any atom is -0.775 e. The van der Waals surface area contributed by atoms with Crippen molar-refractivity contribution in [2.24, 2.45) is 0 Å². The predicted molar refractivity (Wildman–Crippen MR) is 341 cm³/mol. The second-order valence-electron chi connectivity index (χ2n) is 19.2. The van der Waals surface area contributed by atoms with E-state index in [-0.39, 0.29) is 63.5 Å². The maximum Gasteiger partial charge on any atom is 2.00 e. The fourth-order valence-electron chi connectivity index (χ4n) is 8.24. The molecule has 0 aromatic carbocycles. The van der Waals surface area contributed by atoms with Gasteiger partial charge in [0, 0.05) is 49.9 Å². The molecule has 6 N–H and O–H groups in total. The van der Waals surface area contributed by atoms with E-state index in [2.05, 4.69) is 99.8 Å². The minimum absolute atomic E-state index is 0. The van der Waals surface area contributed by atoms with E-state index in [9.17, 15) is 28.0 Å². The van der Waals surface area contributed by atoms with Gasteiger partial charge in [-0.15, -0.1) is 0 Å². The molecule has 0 fully saturated rings. The fourth-order valence-corrected chi connectivity index (χ4v) is 21.0. The second kappa shape index (κ2) is 46.5. The summed E-state index contributed by atoms with van der Waals surface area (Å²) >= 11 is 7.40. The summed E-state index contributed by atoms with van der Waals surface area (Å²) in [4.78, 5) is 91.8. The van der Waals surface area contributed by atoms with Crippen LogP contribution in [-0.2, 0) is 37.7 Å². The van der Waals surface area contributed by atoms with Crippen LogP contribution in [0.5, 0.6) is 0 Å². The number of isothiocyanates is 2. The van der Waals surface area contributed by atoms with E-state index in [1.165, 1.54) is 125 Å². The summed E-state index contributed by atoms with van der Waals surface area (Å²) in [5.41, 5.74) is 0.313. The molecule has 27 heteroatoms. The number of thiocarbonyl (C=S) groups is 2. The SMILES string of the molecule is CCCC[P+](CCCC)(CCCC)CCCC.CCCC[P+](CCCC)(CCCC)CCCC.O=P([O-])(O)c1ccnc(-c2cc(P(=O)(O)O)ccn2)c1.O=P([O-])(O)c1ccnc(-c2cc(P(=O)(O)O)ccn2)c1.[N-]=C=S.[N-]=C=S.[Ru+2]. The maximum absolute atomic E-state index is 11.2. The van der Waals surface area contributed by atoms with Gasteiger partial charge in [0.15, 0.2) is 15.2 Å². The molecule has 458 valence electrons. The summed E-state index contributed by atoms with van der Waals surface area (Å²) in [6.45, 7) is 18.8. The van der Waals surface area contributed by atoms with Crippen LogP contribution < -0.4 is 31.0 Å². The molecule has 4 aromatic rings. The van der Waals surface area contributed by atoms with Crippen molar-refractivity contribution in [2.45, 2.75) is 158 Å². The standard InChI is InChI=1S/2C16H36P.2C10H10N2O6P2.2CNS.Ru/c2*1-5-9-13-17(14-10-6-2,15-11-7-3)16-12-8-4;2*13-19(14,15)7-1-3-11-9(5-7)10-6-8(2-4-12-10)20(16,17)18;2*2-1-3;/h2*5-16H2,1-4H3;2*1-6H,(H2,13,14,15)(H2,16,17,18);;;/q2*+1;;;2*-1;+2/p-2. The molecule has 0 aliphatic rings. The maximum atomic E-state index is 11.2. The van der Waals surface area contributed by atoms with Gasteiger partial charge >= 0.3 is 34.7 Å². The van der Waals surface area contributed by atoms with Crippen LogP contribution in [0.25, 0.3) is 33.6 Å². The summed E-state index contributed by atoms with van der Waals surface area (Å²) in [6, 6.07) is 8.87. The average molecular weight is 1370 g/mol. The van der Waals surface area contributed by atoms with E-state index >= 15 is 0 Å². The predicted octanol–water partition coefficient (Wildman–Crippen LogP) is 12.0. The molecule has 0 amide bonds. The van der Waals surface area contributed by atoms with Gasteiger partial charge in [-0.2, -0.15) is 10.3 Å². The molecule has 0 saturated carbocycles. The first-order valence-electron chi connectivity index (χ1n) is 27.5. The number of hydrogen-bond acceptors (Lipinski definition) is 12. The van der Waals surface area contributed by atoms with E-state index < -0.39 is 44.9 Å². The smallest absolute Gasteiger partial charge is 0.775 e. The Morgan fingerprint density at radius 3 is 0.716 bits per heavy atom. The van der Waals surface area contributed by atoms with Crippen molar-refractivity contribution in [1.82, 2.24) is 19.9 Å². The molecule has 0 aliphatic carbocycles. The molecular weight excluding hydrogens is 1280 g/mol. The number of unbranched alkanes of at least 4 members (excludes halogenated alkanes) is 8. The van der Waals surface area contributed by atoms with Gasteiger partial charge in [-0.25, -0.2) is 0 Å². The van der Waals surface area contributed by atoms with Gasteiger partial charge in [-0.05, 0) is 99.9 Å². The van der Waals surface area contributed by atoms with Gasteiger partial charge in [0.1, 0.15) is 0 Å². The number of rotatable bonds is 30. The van der Waals surface area contributed by atoms with Crippen LogP contribution in [0.15, 0.2) is 73.3 Å². The summed E-state index contributed by atoms with van der Waals surface area (Å²) in [5.74, 6) is 0. The van der Waals surface area contributed by atoms with E-state index in [4.69, 9.17) is 40.2 Å². The summed E-state index contributed by atoms with van der Waals surface area (Å²) in [6.07, 6.45) is 40.5. The zero-order valence-corrected chi connectivity index (χ0v) is 57.3. The molecule has 0 spiro atoms. The van der Waals surface area contributed by atoms with E-state index in [1.807, 2.05) is 0 Å². The normalized spacial score (nSPS) is 12.5. The van der Waals surface area contributed by atoms with Gasteiger partial charge in [-0.1, -0.05) is 131 Å². The second-order valence-corrected chi connectivity index (χ2v) is 34.8. The topological polar surface area (TPSA) is 332 Å². The number of hydrogen-bond donors (Lipinski definition) is 6. The van der Waals surface area contributed by atoms with Crippen LogP contribution >= 0.6 is 69.3 Å². The Bertz CT molecular complexity index is 2220. The zero-order valence-electron chi connectivity index (χ0n) is 48.6. The third-order valence-electron chi connectivity index (χ3n) is 12.7. The molecule has 4 rings (SSSR count). The molecule has 4 heterocycles. The summed E-state index contributed by atoms with van der Waals surface area (Å²) < 4.78 is 44.4. The van der Waals surface area contributed by atoms with Crippen LogP contribution in [0.3, 0.4) is 0 Å². The number of pyridine rings is 4. The van der Waals surface area contributed by atoms with Gasteiger partial charge in [-0.3, -0.25) is 29.1 Å². The fraction of sp³-hybridized carbons (Fsp3) is 0.593. The Balaban J connectivity index is -0.000000967. The summed E-state index contributed by atoms with van der Waals surface area (Å²) in [7, 11) is -19.4. The van der Waals surface area contributed by atoms with Crippen molar-refractivity contribution in [3.05, 3.63) is 84.1 Å². The molecule has 0 radical (unpaired) electrons. The van der Waals surface area contributed by atoms with Crippen LogP contribution in [0, 0.1) is 0 Å². The van der Waals surface area contributed by atoms with Crippen molar-refractivity contribution >= 4 is 101 Å². The average Bonchev–Trinajstić information content (AvgIpc) is 3.42. The van der Waals surface area contributed by atoms with Gasteiger partial charge in [0.2, 0.25) is 0 Å². The van der Waals surface area contributed by atoms with Crippen LogP contribution in [0.4, 0.5) is 0 Å². The van der Waals surface area contributed by atoms with Crippen molar-refractivity contribution in [3.8, 4) is 22.8 Å². The molecule has 2 unspecified atom stereocenters. The quantitative estimate of drug-likeness (QED) is 0.0122. The van der Waals surface area contributed by atoms with Crippen LogP contribution in [-0.4, -0.2) is 109 Å². The number of nitrogens with zero attached hydrogens (tertiary/aromatic N) is 6. The Morgan fingerprint density at radius 1 is 0.407 bits per heavy atom. The molecular formula is C54H90N6O12P6RuS2. The Kier molecular flexibility index (Phi) is 47.9. The third-order valence-corrected chi connectivity index (χ3v) is 26.6. The molecule has 81 heavy (non-hydrogen) atoms. The zero-order chi connectivity index (χ0) is 61.3. The molecule has 0 aliphatic heterocycles. The molecule has 0 saturated heterocycles. The van der Waals surface area contributed by atoms with E-state index in [0.717, 1.165) is 60.9 Å². The Labute approximate surface area is 508 Å². The molecule has 4 aromatic heterocycles. The largest absolute Gasteiger partial charge is 2.00 e. The third kappa shape index (κ3) is 37.5. The summed E-state index contributed by atoms with van der Waals surface area (Å²) in [5, 5.41) is 15.7.